The van der Waals surface area contributed by atoms with Crippen LogP contribution in [0.15, 0.2) is 30.3 Å². The maximum absolute atomic E-state index is 5.63. The largest absolute Gasteiger partial charge is 0.496 e. The average Bonchev–Trinajstić information content (AvgIpc) is 3.00. The molecule has 0 unspecified atom stereocenters. The van der Waals surface area contributed by atoms with Gasteiger partial charge in [-0.15, -0.1) is 0 Å². The minimum absolute atomic E-state index is 0.0922. The Kier molecular flexibility index (Phi) is 2.33. The van der Waals surface area contributed by atoms with Gasteiger partial charge in [0, 0.05) is 11.0 Å². The maximum Gasteiger partial charge on any atom is 0.127 e. The Labute approximate surface area is 120 Å². The van der Waals surface area contributed by atoms with Crippen molar-refractivity contribution in [1.29, 1.82) is 0 Å². The molecule has 4 rings (SSSR count). The van der Waals surface area contributed by atoms with Gasteiger partial charge in [0.1, 0.15) is 5.75 Å². The Morgan fingerprint density at radius 2 is 1.90 bits per heavy atom. The Hall–Kier alpha value is -1.76. The second kappa shape index (κ2) is 3.88. The van der Waals surface area contributed by atoms with E-state index in [0.717, 1.165) is 5.75 Å². The van der Waals surface area contributed by atoms with Crippen molar-refractivity contribution < 1.29 is 4.74 Å². The number of rotatable bonds is 1. The fourth-order valence-corrected chi connectivity index (χ4v) is 4.22. The topological polar surface area (TPSA) is 9.23 Å². The van der Waals surface area contributed by atoms with Crippen LogP contribution in [0.4, 0.5) is 0 Å². The SMILES string of the molecule is COc1cccc2c1-c1ccc3c(c1C2(C)C)CCC3. The summed E-state index contributed by atoms with van der Waals surface area (Å²) in [5, 5.41) is 0. The average molecular weight is 264 g/mol. The molecule has 0 radical (unpaired) electrons. The van der Waals surface area contributed by atoms with Crippen LogP contribution in [-0.4, -0.2) is 7.11 Å². The number of hydrogen-bond acceptors (Lipinski definition) is 1. The molecule has 2 aromatic rings. The van der Waals surface area contributed by atoms with E-state index >= 15 is 0 Å². The van der Waals surface area contributed by atoms with Gasteiger partial charge in [-0.3, -0.25) is 0 Å². The monoisotopic (exact) mass is 264 g/mol. The molecular formula is C19H20O. The van der Waals surface area contributed by atoms with E-state index in [1.807, 2.05) is 0 Å². The lowest BCUT2D eigenvalue weighted by Crippen LogP contribution is -2.17. The predicted octanol–water partition coefficient (Wildman–Crippen LogP) is 4.49. The molecule has 102 valence electrons. The molecule has 0 aromatic heterocycles. The summed E-state index contributed by atoms with van der Waals surface area (Å²) in [7, 11) is 1.77. The molecule has 0 fully saturated rings. The highest BCUT2D eigenvalue weighted by atomic mass is 16.5. The first-order valence-electron chi connectivity index (χ1n) is 7.47. The van der Waals surface area contributed by atoms with Crippen LogP contribution in [0, 0.1) is 0 Å². The summed E-state index contributed by atoms with van der Waals surface area (Å²) >= 11 is 0. The van der Waals surface area contributed by atoms with E-state index in [2.05, 4.69) is 44.2 Å². The summed E-state index contributed by atoms with van der Waals surface area (Å²) < 4.78 is 5.63. The fraction of sp³-hybridized carbons (Fsp3) is 0.368. The van der Waals surface area contributed by atoms with Gasteiger partial charge in [0.05, 0.1) is 7.11 Å². The van der Waals surface area contributed by atoms with Gasteiger partial charge in [-0.05, 0) is 53.1 Å². The van der Waals surface area contributed by atoms with Crippen LogP contribution in [-0.2, 0) is 18.3 Å². The van der Waals surface area contributed by atoms with Gasteiger partial charge in [-0.25, -0.2) is 0 Å². The second-order valence-electron chi connectivity index (χ2n) is 6.49. The van der Waals surface area contributed by atoms with E-state index in [1.54, 1.807) is 23.8 Å². The van der Waals surface area contributed by atoms with E-state index in [0.29, 0.717) is 0 Å². The Morgan fingerprint density at radius 3 is 2.70 bits per heavy atom. The van der Waals surface area contributed by atoms with Crippen LogP contribution >= 0.6 is 0 Å². The normalized spacial score (nSPS) is 17.6. The molecule has 0 N–H and O–H groups in total. The molecule has 0 bridgehead atoms. The van der Waals surface area contributed by atoms with Crippen LogP contribution in [0.3, 0.4) is 0 Å². The predicted molar refractivity (Wildman–Crippen MR) is 82.6 cm³/mol. The summed E-state index contributed by atoms with van der Waals surface area (Å²) in [6.07, 6.45) is 3.78. The van der Waals surface area contributed by atoms with Crippen molar-refractivity contribution in [2.75, 3.05) is 7.11 Å². The van der Waals surface area contributed by atoms with E-state index in [4.69, 9.17) is 4.74 Å². The first-order valence-corrected chi connectivity index (χ1v) is 7.47. The highest BCUT2D eigenvalue weighted by Gasteiger charge is 2.40. The molecule has 0 saturated carbocycles. The zero-order chi connectivity index (χ0) is 13.9. The fourth-order valence-electron chi connectivity index (χ4n) is 4.22. The van der Waals surface area contributed by atoms with Crippen molar-refractivity contribution in [1.82, 2.24) is 0 Å². The first kappa shape index (κ1) is 12.0. The number of methoxy groups -OCH3 is 1. The highest BCUT2D eigenvalue weighted by Crippen LogP contribution is 2.54. The number of hydrogen-bond donors (Lipinski definition) is 0. The molecule has 0 aliphatic heterocycles. The Balaban J connectivity index is 2.10. The smallest absolute Gasteiger partial charge is 0.127 e. The molecule has 1 nitrogen and oxygen atoms in total. The lowest BCUT2D eigenvalue weighted by molar-refractivity contribution is 0.416. The zero-order valence-corrected chi connectivity index (χ0v) is 12.4. The van der Waals surface area contributed by atoms with Crippen LogP contribution in [0.25, 0.3) is 11.1 Å². The third-order valence-corrected chi connectivity index (χ3v) is 5.10. The zero-order valence-electron chi connectivity index (χ0n) is 12.4. The molecule has 0 saturated heterocycles. The minimum atomic E-state index is 0.0922. The van der Waals surface area contributed by atoms with E-state index < -0.39 is 0 Å². The molecule has 1 heteroatoms. The third kappa shape index (κ3) is 1.33. The Morgan fingerprint density at radius 1 is 1.05 bits per heavy atom. The second-order valence-corrected chi connectivity index (χ2v) is 6.49. The number of fused-ring (bicyclic) bond motifs is 5. The van der Waals surface area contributed by atoms with Crippen molar-refractivity contribution in [3.05, 3.63) is 52.6 Å². The lowest BCUT2D eigenvalue weighted by Gasteiger charge is -2.24. The van der Waals surface area contributed by atoms with Crippen LogP contribution < -0.4 is 4.74 Å². The van der Waals surface area contributed by atoms with Gasteiger partial charge < -0.3 is 4.74 Å². The molecule has 0 spiro atoms. The third-order valence-electron chi connectivity index (χ3n) is 5.10. The van der Waals surface area contributed by atoms with Crippen molar-refractivity contribution in [3.63, 3.8) is 0 Å². The molecule has 0 atom stereocenters. The van der Waals surface area contributed by atoms with Crippen molar-refractivity contribution in [2.24, 2.45) is 0 Å². The molecule has 2 aromatic carbocycles. The van der Waals surface area contributed by atoms with Crippen molar-refractivity contribution >= 4 is 0 Å². The van der Waals surface area contributed by atoms with E-state index in [9.17, 15) is 0 Å². The maximum atomic E-state index is 5.63. The summed E-state index contributed by atoms with van der Waals surface area (Å²) in [5.74, 6) is 1.01. The molecule has 2 aliphatic rings. The molecule has 2 aliphatic carbocycles. The number of ether oxygens (including phenoxy) is 1. The van der Waals surface area contributed by atoms with E-state index in [1.165, 1.54) is 36.0 Å². The first-order chi connectivity index (χ1) is 9.64. The summed E-state index contributed by atoms with van der Waals surface area (Å²) in [6, 6.07) is 11.1. The van der Waals surface area contributed by atoms with Gasteiger partial charge in [-0.1, -0.05) is 38.1 Å². The van der Waals surface area contributed by atoms with Gasteiger partial charge in [0.25, 0.3) is 0 Å². The Bertz CT molecular complexity index is 710. The minimum Gasteiger partial charge on any atom is -0.496 e. The van der Waals surface area contributed by atoms with Crippen LogP contribution in [0.1, 0.15) is 42.5 Å². The summed E-state index contributed by atoms with van der Waals surface area (Å²) in [6.45, 7) is 4.71. The highest BCUT2D eigenvalue weighted by molar-refractivity contribution is 5.86. The van der Waals surface area contributed by atoms with Gasteiger partial charge in [-0.2, -0.15) is 0 Å². The van der Waals surface area contributed by atoms with Crippen LogP contribution in [0.5, 0.6) is 5.75 Å². The molecule has 0 heterocycles. The lowest BCUT2D eigenvalue weighted by atomic mass is 9.79. The van der Waals surface area contributed by atoms with E-state index in [-0.39, 0.29) is 5.41 Å². The van der Waals surface area contributed by atoms with Gasteiger partial charge >= 0.3 is 0 Å². The molecular weight excluding hydrogens is 244 g/mol. The van der Waals surface area contributed by atoms with Gasteiger partial charge in [0.15, 0.2) is 0 Å². The number of aryl methyl sites for hydroxylation is 1. The summed E-state index contributed by atoms with van der Waals surface area (Å²) in [5.41, 5.74) is 8.91. The number of benzene rings is 2. The van der Waals surface area contributed by atoms with Crippen molar-refractivity contribution in [3.8, 4) is 16.9 Å². The molecule has 0 amide bonds. The standard InChI is InChI=1S/C19H20O/c1-19(2)15-8-5-9-16(20-3)17(15)14-11-10-12-6-4-7-13(12)18(14)19/h5,8-11H,4,6-7H2,1-3H3. The summed E-state index contributed by atoms with van der Waals surface area (Å²) in [4.78, 5) is 0. The molecule has 20 heavy (non-hydrogen) atoms. The van der Waals surface area contributed by atoms with Crippen LogP contribution in [0.2, 0.25) is 0 Å². The quantitative estimate of drug-likeness (QED) is 0.737. The van der Waals surface area contributed by atoms with Gasteiger partial charge in [0.2, 0.25) is 0 Å². The van der Waals surface area contributed by atoms with Crippen molar-refractivity contribution in [2.45, 2.75) is 38.5 Å².